The molecular formula is C14H22N2O2. The van der Waals surface area contributed by atoms with Crippen molar-refractivity contribution in [2.75, 3.05) is 19.0 Å². The summed E-state index contributed by atoms with van der Waals surface area (Å²) in [5.74, 6) is 0.704. The average molecular weight is 250 g/mol. The third kappa shape index (κ3) is 4.65. The lowest BCUT2D eigenvalue weighted by Gasteiger charge is -2.21. The van der Waals surface area contributed by atoms with Crippen LogP contribution in [0.15, 0.2) is 18.2 Å². The number of carbonyl (C=O) groups excluding carboxylic acids is 1. The van der Waals surface area contributed by atoms with E-state index in [-0.39, 0.29) is 18.0 Å². The number of anilines is 1. The van der Waals surface area contributed by atoms with Crippen molar-refractivity contribution >= 4 is 11.6 Å². The maximum absolute atomic E-state index is 11.7. The molecule has 1 rings (SSSR count). The monoisotopic (exact) mass is 250 g/mol. The van der Waals surface area contributed by atoms with Crippen LogP contribution < -0.4 is 15.4 Å². The standard InChI is InChI=1S/C14H22N2O2/c1-10-6-7-12(18-5)11(8-10)15-9-13(17)16-14(2,3)4/h6-8,15H,9H2,1-5H3,(H,16,17). The van der Waals surface area contributed by atoms with Gasteiger partial charge in [0.15, 0.2) is 0 Å². The second-order valence-electron chi connectivity index (χ2n) is 5.36. The van der Waals surface area contributed by atoms with E-state index in [9.17, 15) is 4.79 Å². The summed E-state index contributed by atoms with van der Waals surface area (Å²) in [6.07, 6.45) is 0. The van der Waals surface area contributed by atoms with Gasteiger partial charge in [0.2, 0.25) is 5.91 Å². The summed E-state index contributed by atoms with van der Waals surface area (Å²) in [5, 5.41) is 5.99. The van der Waals surface area contributed by atoms with Crippen LogP contribution in [0, 0.1) is 6.92 Å². The number of aryl methyl sites for hydroxylation is 1. The van der Waals surface area contributed by atoms with Gasteiger partial charge in [-0.05, 0) is 45.4 Å². The molecule has 0 bridgehead atoms. The molecule has 0 atom stereocenters. The molecule has 0 aliphatic rings. The Morgan fingerprint density at radius 3 is 2.56 bits per heavy atom. The third-order valence-corrected chi connectivity index (χ3v) is 2.31. The molecule has 4 nitrogen and oxygen atoms in total. The van der Waals surface area contributed by atoms with Crippen LogP contribution in [0.2, 0.25) is 0 Å². The predicted octanol–water partition coefficient (Wildman–Crippen LogP) is 2.33. The van der Waals surface area contributed by atoms with Crippen molar-refractivity contribution < 1.29 is 9.53 Å². The van der Waals surface area contributed by atoms with Crippen molar-refractivity contribution in [2.24, 2.45) is 0 Å². The number of amides is 1. The van der Waals surface area contributed by atoms with Crippen molar-refractivity contribution in [1.29, 1.82) is 0 Å². The zero-order valence-corrected chi connectivity index (χ0v) is 11.8. The summed E-state index contributed by atoms with van der Waals surface area (Å²) in [6.45, 7) is 8.10. The largest absolute Gasteiger partial charge is 0.495 e. The van der Waals surface area contributed by atoms with Crippen LogP contribution in [-0.4, -0.2) is 25.1 Å². The van der Waals surface area contributed by atoms with E-state index < -0.39 is 0 Å². The number of ether oxygens (including phenoxy) is 1. The molecule has 0 unspecified atom stereocenters. The number of hydrogen-bond acceptors (Lipinski definition) is 3. The van der Waals surface area contributed by atoms with Gasteiger partial charge in [-0.1, -0.05) is 6.07 Å². The van der Waals surface area contributed by atoms with Crippen molar-refractivity contribution in [1.82, 2.24) is 5.32 Å². The van der Waals surface area contributed by atoms with Crippen LogP contribution in [0.25, 0.3) is 0 Å². The molecule has 4 heteroatoms. The van der Waals surface area contributed by atoms with Crippen LogP contribution in [-0.2, 0) is 4.79 Å². The van der Waals surface area contributed by atoms with E-state index in [2.05, 4.69) is 10.6 Å². The molecule has 100 valence electrons. The first-order valence-corrected chi connectivity index (χ1v) is 6.01. The fraction of sp³-hybridized carbons (Fsp3) is 0.500. The SMILES string of the molecule is COc1ccc(C)cc1NCC(=O)NC(C)(C)C. The maximum atomic E-state index is 11.7. The molecule has 1 amide bonds. The number of methoxy groups -OCH3 is 1. The van der Waals surface area contributed by atoms with Gasteiger partial charge < -0.3 is 15.4 Å². The molecule has 1 aromatic rings. The Hall–Kier alpha value is -1.71. The first-order chi connectivity index (χ1) is 8.31. The van der Waals surface area contributed by atoms with Gasteiger partial charge in [0.05, 0.1) is 19.3 Å². The lowest BCUT2D eigenvalue weighted by molar-refractivity contribution is -0.120. The molecule has 2 N–H and O–H groups in total. The highest BCUT2D eigenvalue weighted by molar-refractivity contribution is 5.81. The molecule has 0 aliphatic heterocycles. The number of hydrogen-bond donors (Lipinski definition) is 2. The van der Waals surface area contributed by atoms with Gasteiger partial charge in [0.1, 0.15) is 5.75 Å². The summed E-state index contributed by atoms with van der Waals surface area (Å²) in [7, 11) is 1.62. The second kappa shape index (κ2) is 5.76. The van der Waals surface area contributed by atoms with E-state index in [4.69, 9.17) is 4.74 Å². The number of benzene rings is 1. The number of rotatable bonds is 4. The molecule has 1 aromatic carbocycles. The summed E-state index contributed by atoms with van der Waals surface area (Å²) >= 11 is 0. The Kier molecular flexibility index (Phi) is 4.59. The van der Waals surface area contributed by atoms with Gasteiger partial charge >= 0.3 is 0 Å². The van der Waals surface area contributed by atoms with Crippen LogP contribution in [0.1, 0.15) is 26.3 Å². The quantitative estimate of drug-likeness (QED) is 0.862. The molecule has 0 aliphatic carbocycles. The van der Waals surface area contributed by atoms with E-state index in [1.165, 1.54) is 0 Å². The Morgan fingerprint density at radius 1 is 1.33 bits per heavy atom. The Labute approximate surface area is 109 Å². The smallest absolute Gasteiger partial charge is 0.239 e. The Balaban J connectivity index is 2.63. The highest BCUT2D eigenvalue weighted by Crippen LogP contribution is 2.24. The highest BCUT2D eigenvalue weighted by atomic mass is 16.5. The minimum Gasteiger partial charge on any atom is -0.495 e. The van der Waals surface area contributed by atoms with Crippen LogP contribution >= 0.6 is 0 Å². The molecule has 0 saturated heterocycles. The summed E-state index contributed by atoms with van der Waals surface area (Å²) in [6, 6.07) is 5.82. The molecule has 0 aromatic heterocycles. The molecular weight excluding hydrogens is 228 g/mol. The van der Waals surface area contributed by atoms with Crippen molar-refractivity contribution in [2.45, 2.75) is 33.2 Å². The predicted molar refractivity (Wildman–Crippen MR) is 74.1 cm³/mol. The van der Waals surface area contributed by atoms with E-state index in [0.717, 1.165) is 17.0 Å². The average Bonchev–Trinajstić information content (AvgIpc) is 2.24. The zero-order valence-electron chi connectivity index (χ0n) is 11.8. The number of carbonyl (C=O) groups is 1. The normalized spacial score (nSPS) is 10.9. The molecule has 0 radical (unpaired) electrons. The minimum absolute atomic E-state index is 0.0361. The zero-order chi connectivity index (χ0) is 13.8. The van der Waals surface area contributed by atoms with Gasteiger partial charge in [-0.15, -0.1) is 0 Å². The Morgan fingerprint density at radius 2 is 2.00 bits per heavy atom. The fourth-order valence-electron chi connectivity index (χ4n) is 1.60. The molecule has 0 saturated carbocycles. The topological polar surface area (TPSA) is 50.4 Å². The second-order valence-corrected chi connectivity index (χ2v) is 5.36. The summed E-state index contributed by atoms with van der Waals surface area (Å²) in [4.78, 5) is 11.7. The van der Waals surface area contributed by atoms with Gasteiger partial charge in [-0.2, -0.15) is 0 Å². The number of nitrogens with one attached hydrogen (secondary N) is 2. The molecule has 0 fully saturated rings. The summed E-state index contributed by atoms with van der Waals surface area (Å²) < 4.78 is 5.24. The fourth-order valence-corrected chi connectivity index (χ4v) is 1.60. The lowest BCUT2D eigenvalue weighted by atomic mass is 10.1. The first kappa shape index (κ1) is 14.4. The Bertz CT molecular complexity index is 422. The molecule has 0 heterocycles. The van der Waals surface area contributed by atoms with Crippen LogP contribution in [0.4, 0.5) is 5.69 Å². The molecule has 0 spiro atoms. The van der Waals surface area contributed by atoms with Gasteiger partial charge in [0, 0.05) is 5.54 Å². The molecule has 18 heavy (non-hydrogen) atoms. The van der Waals surface area contributed by atoms with E-state index in [1.807, 2.05) is 45.9 Å². The van der Waals surface area contributed by atoms with E-state index >= 15 is 0 Å². The first-order valence-electron chi connectivity index (χ1n) is 6.01. The lowest BCUT2D eigenvalue weighted by Crippen LogP contribution is -2.43. The minimum atomic E-state index is -0.213. The third-order valence-electron chi connectivity index (χ3n) is 2.31. The maximum Gasteiger partial charge on any atom is 0.239 e. The van der Waals surface area contributed by atoms with Crippen molar-refractivity contribution in [3.8, 4) is 5.75 Å². The van der Waals surface area contributed by atoms with Gasteiger partial charge in [-0.25, -0.2) is 0 Å². The van der Waals surface area contributed by atoms with E-state index in [1.54, 1.807) is 7.11 Å². The van der Waals surface area contributed by atoms with E-state index in [0.29, 0.717) is 0 Å². The highest BCUT2D eigenvalue weighted by Gasteiger charge is 2.13. The van der Waals surface area contributed by atoms with Crippen molar-refractivity contribution in [3.63, 3.8) is 0 Å². The van der Waals surface area contributed by atoms with Crippen LogP contribution in [0.5, 0.6) is 5.75 Å². The van der Waals surface area contributed by atoms with Crippen LogP contribution in [0.3, 0.4) is 0 Å². The van der Waals surface area contributed by atoms with Crippen molar-refractivity contribution in [3.05, 3.63) is 23.8 Å². The summed E-state index contributed by atoms with van der Waals surface area (Å²) in [5.41, 5.74) is 1.74. The van der Waals surface area contributed by atoms with Gasteiger partial charge in [0.25, 0.3) is 0 Å². The van der Waals surface area contributed by atoms with Gasteiger partial charge in [-0.3, -0.25) is 4.79 Å².